The highest BCUT2D eigenvalue weighted by Gasteiger charge is 2.35. The topological polar surface area (TPSA) is 38.7 Å². The number of aliphatic hydroxyl groups is 1. The van der Waals surface area contributed by atoms with Gasteiger partial charge >= 0.3 is 6.36 Å². The normalized spacial score (nSPS) is 24.6. The van der Waals surface area contributed by atoms with Crippen molar-refractivity contribution in [3.05, 3.63) is 29.8 Å². The van der Waals surface area contributed by atoms with E-state index in [0.717, 1.165) is 24.8 Å². The van der Waals surface area contributed by atoms with Gasteiger partial charge in [-0.1, -0.05) is 12.1 Å². The summed E-state index contributed by atoms with van der Waals surface area (Å²) in [4.78, 5) is 0. The van der Waals surface area contributed by atoms with Gasteiger partial charge in [-0.05, 0) is 43.9 Å². The quantitative estimate of drug-likeness (QED) is 0.926. The van der Waals surface area contributed by atoms with E-state index < -0.39 is 18.1 Å². The Morgan fingerprint density at radius 3 is 2.48 bits per heavy atom. The molecule has 0 aliphatic carbocycles. The van der Waals surface area contributed by atoms with Crippen molar-refractivity contribution < 1.29 is 27.8 Å². The molecule has 1 fully saturated rings. The Morgan fingerprint density at radius 1 is 1.29 bits per heavy atom. The Bertz CT molecular complexity index is 450. The second kappa shape index (κ2) is 6.23. The van der Waals surface area contributed by atoms with Gasteiger partial charge in [-0.2, -0.15) is 0 Å². The molecule has 1 aromatic carbocycles. The van der Waals surface area contributed by atoms with Crippen LogP contribution in [0.15, 0.2) is 24.3 Å². The van der Waals surface area contributed by atoms with Crippen LogP contribution in [0.5, 0.6) is 5.75 Å². The molecule has 1 aliphatic heterocycles. The third-order valence-electron chi connectivity index (χ3n) is 3.79. The lowest BCUT2D eigenvalue weighted by Crippen LogP contribution is -2.45. The van der Waals surface area contributed by atoms with E-state index in [9.17, 15) is 18.3 Å². The first-order valence-electron chi connectivity index (χ1n) is 6.95. The Kier molecular flexibility index (Phi) is 4.78. The molecule has 0 spiro atoms. The number of halogens is 3. The summed E-state index contributed by atoms with van der Waals surface area (Å²) < 4.78 is 45.7. The largest absolute Gasteiger partial charge is 0.573 e. The number of hydrogen-bond acceptors (Lipinski definition) is 3. The van der Waals surface area contributed by atoms with Crippen LogP contribution in [0.1, 0.15) is 31.7 Å². The summed E-state index contributed by atoms with van der Waals surface area (Å²) in [6, 6.07) is 5.55. The molecule has 1 aromatic rings. The van der Waals surface area contributed by atoms with Crippen molar-refractivity contribution in [1.82, 2.24) is 0 Å². The van der Waals surface area contributed by atoms with E-state index in [1.165, 1.54) is 24.3 Å². The van der Waals surface area contributed by atoms with Crippen molar-refractivity contribution in [1.29, 1.82) is 0 Å². The summed E-state index contributed by atoms with van der Waals surface area (Å²) in [6.07, 6.45) is -2.26. The second-order valence-electron chi connectivity index (χ2n) is 5.53. The molecule has 6 heteroatoms. The molecule has 3 nitrogen and oxygen atoms in total. The summed E-state index contributed by atoms with van der Waals surface area (Å²) in [5.74, 6) is -0.263. The lowest BCUT2D eigenvalue weighted by atomic mass is 9.87. The van der Waals surface area contributed by atoms with Crippen molar-refractivity contribution >= 4 is 0 Å². The first-order valence-corrected chi connectivity index (χ1v) is 6.95. The number of alkyl halides is 3. The first kappa shape index (κ1) is 16.1. The van der Waals surface area contributed by atoms with E-state index in [-0.39, 0.29) is 5.75 Å². The Balaban J connectivity index is 1.96. The highest BCUT2D eigenvalue weighted by molar-refractivity contribution is 5.28. The zero-order valence-corrected chi connectivity index (χ0v) is 11.8. The monoisotopic (exact) mass is 304 g/mol. The fraction of sp³-hybridized carbons (Fsp3) is 0.600. The van der Waals surface area contributed by atoms with E-state index in [1.54, 1.807) is 0 Å². The van der Waals surface area contributed by atoms with Gasteiger partial charge in [0.2, 0.25) is 0 Å². The van der Waals surface area contributed by atoms with Gasteiger partial charge in [0.25, 0.3) is 0 Å². The lowest BCUT2D eigenvalue weighted by molar-refractivity contribution is -0.274. The van der Waals surface area contributed by atoms with Crippen LogP contribution in [0.3, 0.4) is 0 Å². The van der Waals surface area contributed by atoms with Crippen molar-refractivity contribution in [3.63, 3.8) is 0 Å². The number of rotatable bonds is 4. The zero-order chi connectivity index (χ0) is 15.5. The molecule has 1 aliphatic rings. The van der Waals surface area contributed by atoms with Crippen LogP contribution in [0.2, 0.25) is 0 Å². The molecule has 0 amide bonds. The van der Waals surface area contributed by atoms with E-state index in [0.29, 0.717) is 13.0 Å². The maximum absolute atomic E-state index is 12.1. The third kappa shape index (κ3) is 4.61. The van der Waals surface area contributed by atoms with Gasteiger partial charge in [0.15, 0.2) is 0 Å². The van der Waals surface area contributed by atoms with Crippen molar-refractivity contribution in [2.45, 2.75) is 50.7 Å². The number of hydrogen-bond donors (Lipinski definition) is 1. The van der Waals surface area contributed by atoms with Gasteiger partial charge in [-0.25, -0.2) is 0 Å². The summed E-state index contributed by atoms with van der Waals surface area (Å²) in [5, 5.41) is 10.3. The maximum Gasteiger partial charge on any atom is 0.573 e. The average Bonchev–Trinajstić information content (AvgIpc) is 2.40. The van der Waals surface area contributed by atoms with E-state index in [4.69, 9.17) is 4.74 Å². The molecule has 0 saturated carbocycles. The van der Waals surface area contributed by atoms with Crippen LogP contribution < -0.4 is 4.74 Å². The molecule has 118 valence electrons. The fourth-order valence-electron chi connectivity index (χ4n) is 2.48. The van der Waals surface area contributed by atoms with Gasteiger partial charge in [-0.3, -0.25) is 0 Å². The molecule has 0 radical (unpaired) electrons. The molecule has 2 unspecified atom stereocenters. The molecule has 1 saturated heterocycles. The number of aliphatic hydroxyl groups excluding tert-OH is 1. The van der Waals surface area contributed by atoms with Crippen LogP contribution in [0.4, 0.5) is 13.2 Å². The third-order valence-corrected chi connectivity index (χ3v) is 3.79. The minimum atomic E-state index is -4.69. The zero-order valence-electron chi connectivity index (χ0n) is 11.8. The smallest absolute Gasteiger partial charge is 0.406 e. The molecule has 2 atom stereocenters. The van der Waals surface area contributed by atoms with Crippen LogP contribution in [0.25, 0.3) is 0 Å². The molecular formula is C15H19F3O3. The molecule has 0 aromatic heterocycles. The molecule has 1 heterocycles. The standard InChI is InChI=1S/C15H19F3O3/c1-14(8-2-3-9-20-14)13(19)10-11-4-6-12(7-5-11)21-15(16,17)18/h4-7,13,19H,2-3,8-10H2,1H3. The fourth-order valence-corrected chi connectivity index (χ4v) is 2.48. The van der Waals surface area contributed by atoms with E-state index in [1.807, 2.05) is 6.92 Å². The second-order valence-corrected chi connectivity index (χ2v) is 5.53. The number of benzene rings is 1. The molecule has 0 bridgehead atoms. The average molecular weight is 304 g/mol. The summed E-state index contributed by atoms with van der Waals surface area (Å²) in [7, 11) is 0. The molecule has 21 heavy (non-hydrogen) atoms. The van der Waals surface area contributed by atoms with Crippen LogP contribution >= 0.6 is 0 Å². The summed E-state index contributed by atoms with van der Waals surface area (Å²) in [6.45, 7) is 2.50. The van der Waals surface area contributed by atoms with Crippen LogP contribution in [0, 0.1) is 0 Å². The van der Waals surface area contributed by atoms with Crippen molar-refractivity contribution in [3.8, 4) is 5.75 Å². The Labute approximate surface area is 121 Å². The summed E-state index contributed by atoms with van der Waals surface area (Å²) in [5.41, 5.74) is 0.159. The SMILES string of the molecule is CC1(C(O)Cc2ccc(OC(F)(F)F)cc2)CCCCO1. The first-order chi connectivity index (χ1) is 9.78. The van der Waals surface area contributed by atoms with Gasteiger partial charge in [0.05, 0.1) is 11.7 Å². The van der Waals surface area contributed by atoms with Crippen LogP contribution in [-0.2, 0) is 11.2 Å². The highest BCUT2D eigenvalue weighted by Crippen LogP contribution is 2.30. The van der Waals surface area contributed by atoms with Gasteiger partial charge in [0, 0.05) is 13.0 Å². The number of ether oxygens (including phenoxy) is 2. The van der Waals surface area contributed by atoms with E-state index in [2.05, 4.69) is 4.74 Å². The molecule has 1 N–H and O–H groups in total. The van der Waals surface area contributed by atoms with Gasteiger partial charge < -0.3 is 14.6 Å². The van der Waals surface area contributed by atoms with Crippen molar-refractivity contribution in [2.75, 3.05) is 6.61 Å². The minimum Gasteiger partial charge on any atom is -0.406 e. The molecular weight excluding hydrogens is 285 g/mol. The van der Waals surface area contributed by atoms with E-state index >= 15 is 0 Å². The van der Waals surface area contributed by atoms with Crippen LogP contribution in [-0.4, -0.2) is 29.8 Å². The van der Waals surface area contributed by atoms with Crippen molar-refractivity contribution in [2.24, 2.45) is 0 Å². The minimum absolute atomic E-state index is 0.263. The van der Waals surface area contributed by atoms with Gasteiger partial charge in [0.1, 0.15) is 5.75 Å². The maximum atomic E-state index is 12.1. The lowest BCUT2D eigenvalue weighted by Gasteiger charge is -2.38. The molecule has 2 rings (SSSR count). The summed E-state index contributed by atoms with van der Waals surface area (Å²) >= 11 is 0. The Morgan fingerprint density at radius 2 is 1.95 bits per heavy atom. The predicted octanol–water partition coefficient (Wildman–Crippen LogP) is 3.45. The van der Waals surface area contributed by atoms with Gasteiger partial charge in [-0.15, -0.1) is 13.2 Å². The Hall–Kier alpha value is -1.27. The predicted molar refractivity (Wildman–Crippen MR) is 71.0 cm³/mol. The highest BCUT2D eigenvalue weighted by atomic mass is 19.4.